The molecule has 1 aliphatic heterocycles. The largest absolute Gasteiger partial charge is 0.617 e. The minimum Gasteiger partial charge on any atom is -0.617 e. The SMILES string of the molecule is C[S+]([O-])CCCON1C(=O)c2ccccc2C1=O. The topological polar surface area (TPSA) is 69.7 Å². The average Bonchev–Trinajstić information content (AvgIpc) is 2.59. The highest BCUT2D eigenvalue weighted by Gasteiger charge is 2.36. The molecule has 0 radical (unpaired) electrons. The summed E-state index contributed by atoms with van der Waals surface area (Å²) in [6, 6.07) is 6.60. The Morgan fingerprint density at radius 2 is 1.78 bits per heavy atom. The number of hydroxylamine groups is 2. The number of nitrogens with zero attached hydrogens (tertiary/aromatic N) is 1. The first-order valence-corrected chi connectivity index (χ1v) is 7.24. The van der Waals surface area contributed by atoms with E-state index in [1.165, 1.54) is 0 Å². The lowest BCUT2D eigenvalue weighted by Crippen LogP contribution is -2.30. The fourth-order valence-corrected chi connectivity index (χ4v) is 2.23. The van der Waals surface area contributed by atoms with Crippen LogP contribution < -0.4 is 0 Å². The Morgan fingerprint density at radius 3 is 2.28 bits per heavy atom. The van der Waals surface area contributed by atoms with Crippen LogP contribution in [0.4, 0.5) is 0 Å². The number of carbonyl (C=O) groups excluding carboxylic acids is 2. The Kier molecular flexibility index (Phi) is 4.00. The van der Waals surface area contributed by atoms with Gasteiger partial charge in [-0.2, -0.15) is 0 Å². The molecule has 96 valence electrons. The van der Waals surface area contributed by atoms with Gasteiger partial charge in [0.15, 0.2) is 0 Å². The van der Waals surface area contributed by atoms with Crippen molar-refractivity contribution in [3.8, 4) is 0 Å². The number of benzene rings is 1. The van der Waals surface area contributed by atoms with Gasteiger partial charge in [-0.1, -0.05) is 23.3 Å². The van der Waals surface area contributed by atoms with Gasteiger partial charge in [-0.25, -0.2) is 0 Å². The Morgan fingerprint density at radius 1 is 1.22 bits per heavy atom. The van der Waals surface area contributed by atoms with Crippen molar-refractivity contribution in [2.24, 2.45) is 0 Å². The standard InChI is InChI=1S/C12H13NO4S/c1-18(16)8-4-7-17-13-11(14)9-5-2-3-6-10(9)12(13)15/h2-3,5-6H,4,7-8H2,1H3. The summed E-state index contributed by atoms with van der Waals surface area (Å²) in [4.78, 5) is 28.9. The number of carbonyl (C=O) groups is 2. The van der Waals surface area contributed by atoms with Crippen molar-refractivity contribution in [2.45, 2.75) is 6.42 Å². The first kappa shape index (κ1) is 13.1. The zero-order valence-corrected chi connectivity index (χ0v) is 10.7. The molecule has 2 rings (SSSR count). The summed E-state index contributed by atoms with van der Waals surface area (Å²) in [6.07, 6.45) is 2.14. The predicted octanol–water partition coefficient (Wildman–Crippen LogP) is 0.983. The van der Waals surface area contributed by atoms with E-state index in [0.29, 0.717) is 23.3 Å². The van der Waals surface area contributed by atoms with E-state index in [1.807, 2.05) is 0 Å². The molecular formula is C12H13NO4S. The molecule has 0 fully saturated rings. The minimum atomic E-state index is -0.894. The summed E-state index contributed by atoms with van der Waals surface area (Å²) in [5.74, 6) is -0.384. The van der Waals surface area contributed by atoms with Crippen LogP contribution in [0.25, 0.3) is 0 Å². The Bertz CT molecular complexity index is 440. The maximum Gasteiger partial charge on any atom is 0.285 e. The molecule has 1 heterocycles. The fraction of sp³-hybridized carbons (Fsp3) is 0.333. The minimum absolute atomic E-state index is 0.199. The van der Waals surface area contributed by atoms with Gasteiger partial charge in [0.1, 0.15) is 5.75 Å². The highest BCUT2D eigenvalue weighted by atomic mass is 32.2. The predicted molar refractivity (Wildman–Crippen MR) is 66.4 cm³/mol. The highest BCUT2D eigenvalue weighted by molar-refractivity contribution is 7.90. The van der Waals surface area contributed by atoms with E-state index in [2.05, 4.69) is 0 Å². The van der Waals surface area contributed by atoms with Gasteiger partial charge >= 0.3 is 0 Å². The second-order valence-corrected chi connectivity index (χ2v) is 5.47. The lowest BCUT2D eigenvalue weighted by atomic mass is 10.1. The van der Waals surface area contributed by atoms with E-state index in [1.54, 1.807) is 30.5 Å². The third kappa shape index (κ3) is 2.55. The van der Waals surface area contributed by atoms with Gasteiger partial charge in [0.25, 0.3) is 11.8 Å². The lowest BCUT2D eigenvalue weighted by Gasteiger charge is -2.13. The zero-order chi connectivity index (χ0) is 13.1. The van der Waals surface area contributed by atoms with Crippen molar-refractivity contribution in [3.63, 3.8) is 0 Å². The van der Waals surface area contributed by atoms with E-state index >= 15 is 0 Å². The molecule has 2 amide bonds. The van der Waals surface area contributed by atoms with E-state index in [4.69, 9.17) is 4.84 Å². The molecule has 1 unspecified atom stereocenters. The first-order valence-electron chi connectivity index (χ1n) is 5.52. The molecule has 5 nitrogen and oxygen atoms in total. The van der Waals surface area contributed by atoms with Gasteiger partial charge in [0, 0.05) is 6.42 Å². The monoisotopic (exact) mass is 267 g/mol. The molecule has 1 atom stereocenters. The van der Waals surface area contributed by atoms with E-state index in [9.17, 15) is 14.1 Å². The average molecular weight is 267 g/mol. The smallest absolute Gasteiger partial charge is 0.285 e. The summed E-state index contributed by atoms with van der Waals surface area (Å²) in [5, 5.41) is 0.781. The number of amides is 2. The van der Waals surface area contributed by atoms with E-state index in [-0.39, 0.29) is 6.61 Å². The molecule has 0 saturated heterocycles. The second-order valence-electron chi connectivity index (χ2n) is 3.91. The molecule has 0 N–H and O–H groups in total. The molecule has 0 aromatic heterocycles. The second kappa shape index (κ2) is 5.51. The van der Waals surface area contributed by atoms with Crippen molar-refractivity contribution in [2.75, 3.05) is 18.6 Å². The molecule has 0 spiro atoms. The van der Waals surface area contributed by atoms with Crippen LogP contribution in [-0.2, 0) is 16.0 Å². The molecule has 18 heavy (non-hydrogen) atoms. The van der Waals surface area contributed by atoms with Crippen molar-refractivity contribution < 1.29 is 19.0 Å². The fourth-order valence-electron chi connectivity index (χ4n) is 1.70. The Hall–Kier alpha value is -1.37. The Balaban J connectivity index is 1.97. The van der Waals surface area contributed by atoms with Gasteiger partial charge in [0.05, 0.1) is 24.0 Å². The maximum atomic E-state index is 11.9. The van der Waals surface area contributed by atoms with Gasteiger partial charge in [0.2, 0.25) is 0 Å². The first-order chi connectivity index (χ1) is 8.61. The third-order valence-electron chi connectivity index (χ3n) is 2.55. The molecular weight excluding hydrogens is 254 g/mol. The molecule has 6 heteroatoms. The molecule has 0 aliphatic carbocycles. The van der Waals surface area contributed by atoms with Gasteiger partial charge in [-0.15, -0.1) is 5.06 Å². The summed E-state index contributed by atoms with van der Waals surface area (Å²) in [5.41, 5.74) is 0.725. The molecule has 1 aromatic rings. The Labute approximate surface area is 108 Å². The number of imide groups is 1. The van der Waals surface area contributed by atoms with Crippen LogP contribution in [0, 0.1) is 0 Å². The third-order valence-corrected chi connectivity index (χ3v) is 3.42. The van der Waals surface area contributed by atoms with E-state index in [0.717, 1.165) is 5.06 Å². The molecule has 0 saturated carbocycles. The summed E-state index contributed by atoms with van der Waals surface area (Å²) in [7, 11) is 0. The van der Waals surface area contributed by atoms with Gasteiger partial charge < -0.3 is 4.55 Å². The van der Waals surface area contributed by atoms with Gasteiger partial charge in [-0.05, 0) is 12.1 Å². The van der Waals surface area contributed by atoms with Gasteiger partial charge in [-0.3, -0.25) is 14.4 Å². The van der Waals surface area contributed by atoms with Crippen LogP contribution in [0.15, 0.2) is 24.3 Å². The maximum absolute atomic E-state index is 11.9. The van der Waals surface area contributed by atoms with Crippen molar-refractivity contribution in [1.82, 2.24) is 5.06 Å². The normalized spacial score (nSPS) is 16.0. The van der Waals surface area contributed by atoms with Crippen molar-refractivity contribution in [1.29, 1.82) is 0 Å². The van der Waals surface area contributed by atoms with E-state index < -0.39 is 23.0 Å². The van der Waals surface area contributed by atoms with Crippen molar-refractivity contribution >= 4 is 23.0 Å². The van der Waals surface area contributed by atoms with Crippen LogP contribution >= 0.6 is 0 Å². The molecule has 0 bridgehead atoms. The number of rotatable bonds is 5. The number of hydrogen-bond donors (Lipinski definition) is 0. The lowest BCUT2D eigenvalue weighted by molar-refractivity contribution is -0.0908. The zero-order valence-electron chi connectivity index (χ0n) is 9.92. The van der Waals surface area contributed by atoms with Crippen LogP contribution in [-0.4, -0.2) is 40.0 Å². The summed E-state index contributed by atoms with van der Waals surface area (Å²) in [6.45, 7) is 0.199. The quantitative estimate of drug-likeness (QED) is 0.453. The molecule has 1 aliphatic rings. The highest BCUT2D eigenvalue weighted by Crippen LogP contribution is 2.22. The van der Waals surface area contributed by atoms with Crippen LogP contribution in [0.1, 0.15) is 27.1 Å². The van der Waals surface area contributed by atoms with Crippen LogP contribution in [0.5, 0.6) is 0 Å². The van der Waals surface area contributed by atoms with Crippen LogP contribution in [0.3, 0.4) is 0 Å². The van der Waals surface area contributed by atoms with Crippen molar-refractivity contribution in [3.05, 3.63) is 35.4 Å². The molecule has 1 aromatic carbocycles. The number of hydrogen-bond acceptors (Lipinski definition) is 4. The van der Waals surface area contributed by atoms with Crippen LogP contribution in [0.2, 0.25) is 0 Å². The number of fused-ring (bicyclic) bond motifs is 1. The summed E-state index contributed by atoms with van der Waals surface area (Å²) < 4.78 is 10.9. The summed E-state index contributed by atoms with van der Waals surface area (Å²) >= 11 is -0.894.